The zero-order chi connectivity index (χ0) is 24.4. The maximum atomic E-state index is 12.4. The summed E-state index contributed by atoms with van der Waals surface area (Å²) in [5, 5.41) is 20.6. The van der Waals surface area contributed by atoms with Crippen molar-refractivity contribution in [3.63, 3.8) is 0 Å². The topological polar surface area (TPSA) is 146 Å². The molecule has 35 heavy (non-hydrogen) atoms. The zero-order valence-corrected chi connectivity index (χ0v) is 18.9. The van der Waals surface area contributed by atoms with Crippen molar-refractivity contribution in [3.8, 4) is 11.1 Å². The summed E-state index contributed by atoms with van der Waals surface area (Å²) in [7, 11) is 0. The lowest BCUT2D eigenvalue weighted by Crippen LogP contribution is -2.43. The average Bonchev–Trinajstić information content (AvgIpc) is 3.42. The number of amides is 2. The molecule has 10 nitrogen and oxygen atoms in total. The van der Waals surface area contributed by atoms with E-state index in [1.54, 1.807) is 0 Å². The van der Waals surface area contributed by atoms with Crippen LogP contribution in [0.1, 0.15) is 53.3 Å². The van der Waals surface area contributed by atoms with Crippen LogP contribution in [-0.4, -0.2) is 51.4 Å². The molecule has 1 heterocycles. The minimum Gasteiger partial charge on any atom is -0.481 e. The number of fused-ring (bicyclic) bond motifs is 3. The van der Waals surface area contributed by atoms with Gasteiger partial charge in [-0.05, 0) is 40.5 Å². The molecule has 1 aromatic heterocycles. The molecule has 0 spiro atoms. The third kappa shape index (κ3) is 4.59. The molecule has 10 heteroatoms. The van der Waals surface area contributed by atoms with Crippen molar-refractivity contribution in [2.45, 2.75) is 31.6 Å². The Balaban J connectivity index is 1.16. The molecular weight excluding hydrogens is 450 g/mol. The number of ether oxygens (including phenoxy) is 1. The second-order valence-corrected chi connectivity index (χ2v) is 9.06. The second-order valence-electron chi connectivity index (χ2n) is 9.06. The van der Waals surface area contributed by atoms with Crippen LogP contribution in [0.3, 0.4) is 0 Å². The van der Waals surface area contributed by atoms with Gasteiger partial charge in [-0.25, -0.2) is 4.79 Å². The van der Waals surface area contributed by atoms with Gasteiger partial charge >= 0.3 is 12.1 Å². The van der Waals surface area contributed by atoms with Crippen LogP contribution in [0.4, 0.5) is 10.7 Å². The van der Waals surface area contributed by atoms with Gasteiger partial charge in [-0.1, -0.05) is 55.0 Å². The smallest absolute Gasteiger partial charge is 0.414 e. The van der Waals surface area contributed by atoms with E-state index in [1.807, 2.05) is 36.4 Å². The summed E-state index contributed by atoms with van der Waals surface area (Å²) in [6.45, 7) is 0.386. The van der Waals surface area contributed by atoms with E-state index in [-0.39, 0.29) is 37.3 Å². The minimum absolute atomic E-state index is 0.0122. The normalized spacial score (nSPS) is 15.4. The molecule has 0 unspecified atom stereocenters. The fraction of sp³-hybridized carbons (Fsp3) is 0.320. The van der Waals surface area contributed by atoms with Crippen LogP contribution in [0.5, 0.6) is 0 Å². The van der Waals surface area contributed by atoms with Gasteiger partial charge in [0.1, 0.15) is 6.61 Å². The fourth-order valence-electron chi connectivity index (χ4n) is 4.91. The summed E-state index contributed by atoms with van der Waals surface area (Å²) in [5.41, 5.74) is 4.06. The summed E-state index contributed by atoms with van der Waals surface area (Å²) in [4.78, 5) is 39.9. The lowest BCUT2D eigenvalue weighted by Gasteiger charge is -2.40. The minimum atomic E-state index is -0.881. The van der Waals surface area contributed by atoms with Gasteiger partial charge in [0.25, 0.3) is 11.9 Å². The molecule has 1 fully saturated rings. The van der Waals surface area contributed by atoms with Crippen LogP contribution in [0.15, 0.2) is 48.5 Å². The summed E-state index contributed by atoms with van der Waals surface area (Å²) < 4.78 is 5.46. The van der Waals surface area contributed by atoms with E-state index in [1.165, 1.54) is 0 Å². The molecule has 180 valence electrons. The van der Waals surface area contributed by atoms with Crippen molar-refractivity contribution in [2.75, 3.05) is 18.5 Å². The number of carboxylic acid groups (broad SMARTS) is 1. The monoisotopic (exact) mass is 475 g/mol. The lowest BCUT2D eigenvalue weighted by molar-refractivity contribution is -0.141. The highest BCUT2D eigenvalue weighted by Gasteiger charge is 2.39. The van der Waals surface area contributed by atoms with Gasteiger partial charge in [-0.3, -0.25) is 20.0 Å². The van der Waals surface area contributed by atoms with Gasteiger partial charge in [0, 0.05) is 12.5 Å². The number of carbonyl (C=O) groups is 3. The molecular formula is C25H25N5O5. The van der Waals surface area contributed by atoms with Crippen molar-refractivity contribution in [2.24, 2.45) is 5.41 Å². The summed E-state index contributed by atoms with van der Waals surface area (Å²) in [6, 6.07) is 16.1. The first-order chi connectivity index (χ1) is 16.9. The maximum absolute atomic E-state index is 12.4. The zero-order valence-electron chi connectivity index (χ0n) is 18.9. The Morgan fingerprint density at radius 1 is 1.06 bits per heavy atom. The highest BCUT2D eigenvalue weighted by atomic mass is 16.5. The van der Waals surface area contributed by atoms with Crippen LogP contribution in [-0.2, 0) is 9.53 Å². The lowest BCUT2D eigenvalue weighted by atomic mass is 9.66. The third-order valence-corrected chi connectivity index (χ3v) is 6.82. The Morgan fingerprint density at radius 2 is 1.71 bits per heavy atom. The molecule has 5 rings (SSSR count). The van der Waals surface area contributed by atoms with Crippen LogP contribution in [0.25, 0.3) is 11.1 Å². The second kappa shape index (κ2) is 9.21. The number of nitrogens with one attached hydrogen (secondary N) is 3. The van der Waals surface area contributed by atoms with Gasteiger partial charge in [0.2, 0.25) is 5.82 Å². The van der Waals surface area contributed by atoms with Crippen LogP contribution in [0.2, 0.25) is 0 Å². The first-order valence-electron chi connectivity index (χ1n) is 11.5. The molecule has 0 bridgehead atoms. The number of benzene rings is 2. The fourth-order valence-corrected chi connectivity index (χ4v) is 4.91. The van der Waals surface area contributed by atoms with E-state index in [4.69, 9.17) is 9.84 Å². The number of hydrogen-bond acceptors (Lipinski definition) is 6. The predicted octanol–water partition coefficient (Wildman–Crippen LogP) is 3.54. The van der Waals surface area contributed by atoms with E-state index in [0.717, 1.165) is 41.5 Å². The number of nitrogens with zero attached hydrogens (tertiary/aromatic N) is 2. The molecule has 1 saturated carbocycles. The number of anilines is 1. The highest BCUT2D eigenvalue weighted by Crippen LogP contribution is 2.45. The molecule has 3 aromatic rings. The summed E-state index contributed by atoms with van der Waals surface area (Å²) in [6.07, 6.45) is 1.74. The third-order valence-electron chi connectivity index (χ3n) is 6.82. The largest absolute Gasteiger partial charge is 0.481 e. The van der Waals surface area contributed by atoms with Crippen LogP contribution >= 0.6 is 0 Å². The number of carbonyl (C=O) groups excluding carboxylic acids is 2. The first kappa shape index (κ1) is 22.6. The quantitative estimate of drug-likeness (QED) is 0.390. The number of rotatable bonds is 8. The van der Waals surface area contributed by atoms with E-state index in [0.29, 0.717) is 0 Å². The number of aliphatic carboxylic acids is 1. The standard InChI is InChI=1S/C25H25N5O5/c31-20(32)12-25(10-5-11-25)14-26-22(33)21-27-23(30-29-21)28-24(34)35-13-19-17-8-3-1-6-15(17)16-7-2-4-9-18(16)19/h1-4,6-9,19H,5,10-14H2,(H,26,33)(H,31,32)(H2,27,28,29,30,34). The van der Waals surface area contributed by atoms with Gasteiger partial charge < -0.3 is 15.2 Å². The van der Waals surface area contributed by atoms with Gasteiger partial charge in [0.05, 0.1) is 6.42 Å². The van der Waals surface area contributed by atoms with E-state index in [2.05, 4.69) is 37.9 Å². The number of aromatic nitrogens is 3. The van der Waals surface area contributed by atoms with Gasteiger partial charge in [0.15, 0.2) is 0 Å². The first-order valence-corrected chi connectivity index (χ1v) is 11.5. The molecule has 2 amide bonds. The van der Waals surface area contributed by atoms with Crippen molar-refractivity contribution in [1.29, 1.82) is 0 Å². The molecule has 2 aliphatic carbocycles. The molecule has 2 aromatic carbocycles. The van der Waals surface area contributed by atoms with Crippen molar-refractivity contribution < 1.29 is 24.2 Å². The highest BCUT2D eigenvalue weighted by molar-refractivity contribution is 5.91. The molecule has 0 atom stereocenters. The SMILES string of the molecule is O=C(O)CC1(CNC(=O)c2nc(NC(=O)OCC3c4ccccc4-c4ccccc43)n[nH]2)CCC1. The Labute approximate surface area is 201 Å². The summed E-state index contributed by atoms with van der Waals surface area (Å²) >= 11 is 0. The van der Waals surface area contributed by atoms with Crippen molar-refractivity contribution in [3.05, 3.63) is 65.5 Å². The average molecular weight is 476 g/mol. The Morgan fingerprint density at radius 3 is 2.31 bits per heavy atom. The Kier molecular flexibility index (Phi) is 5.94. The van der Waals surface area contributed by atoms with Gasteiger partial charge in [-0.2, -0.15) is 4.98 Å². The number of H-pyrrole nitrogens is 1. The van der Waals surface area contributed by atoms with Crippen molar-refractivity contribution in [1.82, 2.24) is 20.5 Å². The van der Waals surface area contributed by atoms with Crippen molar-refractivity contribution >= 4 is 23.9 Å². The summed E-state index contributed by atoms with van der Waals surface area (Å²) in [5.74, 6) is -1.64. The predicted molar refractivity (Wildman–Crippen MR) is 126 cm³/mol. The molecule has 4 N–H and O–H groups in total. The van der Waals surface area contributed by atoms with Crippen LogP contribution in [0, 0.1) is 5.41 Å². The number of hydrogen-bond donors (Lipinski definition) is 4. The van der Waals surface area contributed by atoms with Gasteiger partial charge in [-0.15, -0.1) is 5.10 Å². The molecule has 0 radical (unpaired) electrons. The van der Waals surface area contributed by atoms with Crippen LogP contribution < -0.4 is 10.6 Å². The van der Waals surface area contributed by atoms with E-state index < -0.39 is 23.4 Å². The Bertz CT molecular complexity index is 1240. The molecule has 2 aliphatic rings. The molecule has 0 saturated heterocycles. The number of carboxylic acids is 1. The Hall–Kier alpha value is -4.21. The number of aromatic amines is 1. The maximum Gasteiger partial charge on any atom is 0.414 e. The van der Waals surface area contributed by atoms with E-state index >= 15 is 0 Å². The van der Waals surface area contributed by atoms with E-state index in [9.17, 15) is 14.4 Å². The molecule has 0 aliphatic heterocycles.